The van der Waals surface area contributed by atoms with Gasteiger partial charge in [0.15, 0.2) is 17.3 Å². The van der Waals surface area contributed by atoms with E-state index in [0.717, 1.165) is 23.7 Å². The Morgan fingerprint density at radius 3 is 2.63 bits per heavy atom. The molecule has 0 bridgehead atoms. The first kappa shape index (κ1) is 12.5. The van der Waals surface area contributed by atoms with Crippen LogP contribution in [0.15, 0.2) is 18.2 Å². The zero-order valence-corrected chi connectivity index (χ0v) is 11.2. The van der Waals surface area contributed by atoms with E-state index in [1.165, 1.54) is 25.7 Å². The van der Waals surface area contributed by atoms with Crippen molar-refractivity contribution >= 4 is 5.78 Å². The Labute approximate surface area is 113 Å². The quantitative estimate of drug-likeness (QED) is 0.776. The van der Waals surface area contributed by atoms with Crippen LogP contribution in [-0.4, -0.2) is 19.0 Å². The van der Waals surface area contributed by atoms with E-state index in [1.54, 1.807) is 0 Å². The highest BCUT2D eigenvalue weighted by molar-refractivity contribution is 5.96. The molecule has 1 aliphatic carbocycles. The van der Waals surface area contributed by atoms with Gasteiger partial charge in [0.2, 0.25) is 0 Å². The fraction of sp³-hybridized carbons (Fsp3) is 0.562. The van der Waals surface area contributed by atoms with Gasteiger partial charge in [0, 0.05) is 12.0 Å². The minimum Gasteiger partial charge on any atom is -0.486 e. The average Bonchev–Trinajstić information content (AvgIpc) is 2.97. The molecule has 102 valence electrons. The molecule has 3 rings (SSSR count). The Balaban J connectivity index is 1.62. The molecule has 2 aliphatic rings. The SMILES string of the molecule is O=C(CCC1CCCC1)c1ccc2c(c1)OCCO2. The van der Waals surface area contributed by atoms with Crippen LogP contribution in [0, 0.1) is 5.92 Å². The van der Waals surface area contributed by atoms with E-state index in [4.69, 9.17) is 9.47 Å². The highest BCUT2D eigenvalue weighted by Gasteiger charge is 2.18. The summed E-state index contributed by atoms with van der Waals surface area (Å²) < 4.78 is 11.0. The summed E-state index contributed by atoms with van der Waals surface area (Å²) in [6.07, 6.45) is 6.96. The van der Waals surface area contributed by atoms with Gasteiger partial charge in [-0.3, -0.25) is 4.79 Å². The molecule has 0 aromatic heterocycles. The molecule has 3 nitrogen and oxygen atoms in total. The predicted molar refractivity (Wildman–Crippen MR) is 73.0 cm³/mol. The topological polar surface area (TPSA) is 35.5 Å². The molecular formula is C16H20O3. The Hall–Kier alpha value is -1.51. The second-order valence-electron chi connectivity index (χ2n) is 5.47. The minimum atomic E-state index is 0.226. The van der Waals surface area contributed by atoms with Crippen LogP contribution in [0.1, 0.15) is 48.9 Å². The molecule has 1 saturated carbocycles. The molecule has 3 heteroatoms. The first-order chi connectivity index (χ1) is 9.33. The molecule has 1 fully saturated rings. The van der Waals surface area contributed by atoms with Crippen molar-refractivity contribution in [2.75, 3.05) is 13.2 Å². The van der Waals surface area contributed by atoms with Crippen molar-refractivity contribution in [2.45, 2.75) is 38.5 Å². The predicted octanol–water partition coefficient (Wildman–Crippen LogP) is 3.61. The first-order valence-electron chi connectivity index (χ1n) is 7.26. The van der Waals surface area contributed by atoms with Crippen LogP contribution in [-0.2, 0) is 0 Å². The number of hydrogen-bond acceptors (Lipinski definition) is 3. The van der Waals surface area contributed by atoms with Gasteiger partial charge in [-0.25, -0.2) is 0 Å². The van der Waals surface area contributed by atoms with Crippen molar-refractivity contribution in [1.29, 1.82) is 0 Å². The number of Topliss-reactive ketones (excluding diaryl/α,β-unsaturated/α-hetero) is 1. The van der Waals surface area contributed by atoms with E-state index >= 15 is 0 Å². The van der Waals surface area contributed by atoms with Crippen molar-refractivity contribution in [1.82, 2.24) is 0 Å². The molecule has 0 atom stereocenters. The molecule has 0 N–H and O–H groups in total. The van der Waals surface area contributed by atoms with Gasteiger partial charge in [-0.15, -0.1) is 0 Å². The maximum atomic E-state index is 12.2. The summed E-state index contributed by atoms with van der Waals surface area (Å²) in [6.45, 7) is 1.15. The highest BCUT2D eigenvalue weighted by atomic mass is 16.6. The molecule has 0 unspecified atom stereocenters. The van der Waals surface area contributed by atoms with E-state index in [1.807, 2.05) is 18.2 Å². The number of carbonyl (C=O) groups is 1. The number of carbonyl (C=O) groups excluding carboxylic acids is 1. The monoisotopic (exact) mass is 260 g/mol. The van der Waals surface area contributed by atoms with E-state index in [0.29, 0.717) is 25.4 Å². The molecule has 0 amide bonds. The van der Waals surface area contributed by atoms with Gasteiger partial charge in [0.05, 0.1) is 0 Å². The van der Waals surface area contributed by atoms with Crippen LogP contribution in [0.4, 0.5) is 0 Å². The smallest absolute Gasteiger partial charge is 0.163 e. The molecule has 1 aromatic rings. The highest BCUT2D eigenvalue weighted by Crippen LogP contribution is 2.32. The lowest BCUT2D eigenvalue weighted by Gasteiger charge is -2.18. The van der Waals surface area contributed by atoms with Gasteiger partial charge in [-0.05, 0) is 30.5 Å². The molecular weight excluding hydrogens is 240 g/mol. The maximum Gasteiger partial charge on any atom is 0.163 e. The minimum absolute atomic E-state index is 0.226. The fourth-order valence-corrected chi connectivity index (χ4v) is 3.00. The molecule has 1 aliphatic heterocycles. The Morgan fingerprint density at radius 2 is 1.84 bits per heavy atom. The number of fused-ring (bicyclic) bond motifs is 1. The largest absolute Gasteiger partial charge is 0.486 e. The third-order valence-corrected chi connectivity index (χ3v) is 4.12. The van der Waals surface area contributed by atoms with Crippen LogP contribution in [0.2, 0.25) is 0 Å². The standard InChI is InChI=1S/C16H20O3/c17-14(7-5-12-3-1-2-4-12)13-6-8-15-16(11-13)19-10-9-18-15/h6,8,11-12H,1-5,7,9-10H2. The van der Waals surface area contributed by atoms with Crippen molar-refractivity contribution in [3.05, 3.63) is 23.8 Å². The summed E-state index contributed by atoms with van der Waals surface area (Å²) in [5.41, 5.74) is 0.752. The molecule has 0 saturated heterocycles. The van der Waals surface area contributed by atoms with Gasteiger partial charge in [-0.2, -0.15) is 0 Å². The maximum absolute atomic E-state index is 12.2. The summed E-state index contributed by atoms with van der Waals surface area (Å²) in [7, 11) is 0. The van der Waals surface area contributed by atoms with Crippen molar-refractivity contribution in [2.24, 2.45) is 5.92 Å². The van der Waals surface area contributed by atoms with Gasteiger partial charge >= 0.3 is 0 Å². The second kappa shape index (κ2) is 5.64. The lowest BCUT2D eigenvalue weighted by Crippen LogP contribution is -2.15. The molecule has 1 aromatic carbocycles. The van der Waals surface area contributed by atoms with Gasteiger partial charge in [-0.1, -0.05) is 25.7 Å². The van der Waals surface area contributed by atoms with E-state index in [-0.39, 0.29) is 5.78 Å². The zero-order valence-electron chi connectivity index (χ0n) is 11.2. The summed E-state index contributed by atoms with van der Waals surface area (Å²) in [4.78, 5) is 12.2. The van der Waals surface area contributed by atoms with E-state index < -0.39 is 0 Å². The molecule has 0 radical (unpaired) electrons. The van der Waals surface area contributed by atoms with Crippen LogP contribution in [0.3, 0.4) is 0 Å². The summed E-state index contributed by atoms with van der Waals surface area (Å²) in [6, 6.07) is 5.52. The van der Waals surface area contributed by atoms with Crippen LogP contribution in [0.25, 0.3) is 0 Å². The lowest BCUT2D eigenvalue weighted by atomic mass is 9.97. The van der Waals surface area contributed by atoms with Crippen molar-refractivity contribution in [3.63, 3.8) is 0 Å². The zero-order chi connectivity index (χ0) is 13.1. The fourth-order valence-electron chi connectivity index (χ4n) is 3.00. The summed E-state index contributed by atoms with van der Waals surface area (Å²) in [5, 5.41) is 0. The van der Waals surface area contributed by atoms with Crippen LogP contribution in [0.5, 0.6) is 11.5 Å². The number of rotatable bonds is 4. The molecule has 1 heterocycles. The number of ether oxygens (including phenoxy) is 2. The van der Waals surface area contributed by atoms with Crippen molar-refractivity contribution in [3.8, 4) is 11.5 Å². The van der Waals surface area contributed by atoms with Crippen LogP contribution >= 0.6 is 0 Å². The number of ketones is 1. The van der Waals surface area contributed by atoms with E-state index in [2.05, 4.69) is 0 Å². The van der Waals surface area contributed by atoms with Gasteiger partial charge < -0.3 is 9.47 Å². The summed E-state index contributed by atoms with van der Waals surface area (Å²) >= 11 is 0. The number of benzene rings is 1. The third kappa shape index (κ3) is 2.91. The Bertz CT molecular complexity index is 461. The van der Waals surface area contributed by atoms with Crippen LogP contribution < -0.4 is 9.47 Å². The normalized spacial score (nSPS) is 18.5. The third-order valence-electron chi connectivity index (χ3n) is 4.12. The molecule has 19 heavy (non-hydrogen) atoms. The molecule has 0 spiro atoms. The first-order valence-corrected chi connectivity index (χ1v) is 7.26. The Kier molecular flexibility index (Phi) is 3.72. The average molecular weight is 260 g/mol. The van der Waals surface area contributed by atoms with Crippen molar-refractivity contribution < 1.29 is 14.3 Å². The van der Waals surface area contributed by atoms with Gasteiger partial charge in [0.1, 0.15) is 13.2 Å². The summed E-state index contributed by atoms with van der Waals surface area (Å²) in [5.74, 6) is 2.45. The second-order valence-corrected chi connectivity index (χ2v) is 5.47. The Morgan fingerprint density at radius 1 is 1.11 bits per heavy atom. The van der Waals surface area contributed by atoms with Gasteiger partial charge in [0.25, 0.3) is 0 Å². The lowest BCUT2D eigenvalue weighted by molar-refractivity contribution is 0.0972. The number of hydrogen-bond donors (Lipinski definition) is 0. The van der Waals surface area contributed by atoms with E-state index in [9.17, 15) is 4.79 Å².